The van der Waals surface area contributed by atoms with E-state index in [2.05, 4.69) is 25.3 Å². The molecule has 8 nitrogen and oxygen atoms in total. The van der Waals surface area contributed by atoms with E-state index >= 15 is 0 Å². The summed E-state index contributed by atoms with van der Waals surface area (Å²) in [5.41, 5.74) is 1.25. The molecule has 0 saturated heterocycles. The van der Waals surface area contributed by atoms with Crippen LogP contribution in [0.1, 0.15) is 23.9 Å². The van der Waals surface area contributed by atoms with Gasteiger partial charge in [0.15, 0.2) is 16.7 Å². The largest absolute Gasteiger partial charge is 0.452 e. The second-order valence-corrected chi connectivity index (χ2v) is 8.66. The Morgan fingerprint density at radius 3 is 2.78 bits per heavy atom. The average molecular weight is 468 g/mol. The van der Waals surface area contributed by atoms with Crippen LogP contribution in [0, 0.1) is 6.92 Å². The number of rotatable bonds is 9. The maximum Gasteiger partial charge on any atom is 0.188 e. The number of hydrogen-bond donors (Lipinski definition) is 3. The van der Waals surface area contributed by atoms with Crippen LogP contribution in [0.2, 0.25) is 0 Å². The van der Waals surface area contributed by atoms with Crippen LogP contribution in [-0.4, -0.2) is 36.8 Å². The normalized spacial score (nSPS) is 11.8. The van der Waals surface area contributed by atoms with Gasteiger partial charge in [0, 0.05) is 48.0 Å². The summed E-state index contributed by atoms with van der Waals surface area (Å²) < 4.78 is 6.16. The summed E-state index contributed by atoms with van der Waals surface area (Å²) in [7, 11) is 0. The molecular formula is C22H21N5O3S2. The number of aryl methyl sites for hydroxylation is 1. The molecule has 164 valence electrons. The topological polar surface area (TPSA) is 113 Å². The van der Waals surface area contributed by atoms with Crippen molar-refractivity contribution >= 4 is 34.0 Å². The van der Waals surface area contributed by atoms with Crippen molar-refractivity contribution in [1.29, 1.82) is 0 Å². The number of anilines is 2. The first-order chi connectivity index (χ1) is 15.6. The fraction of sp³-hybridized carbons (Fsp3) is 0.182. The number of hydrogen-bond acceptors (Lipinski definition) is 10. The van der Waals surface area contributed by atoms with Gasteiger partial charge in [0.1, 0.15) is 10.8 Å². The fourth-order valence-electron chi connectivity index (χ4n) is 2.75. The first-order valence-corrected chi connectivity index (χ1v) is 11.5. The maximum atomic E-state index is 10.1. The van der Waals surface area contributed by atoms with E-state index < -0.39 is 6.10 Å². The Hall–Kier alpha value is -3.05. The average Bonchev–Trinajstić information content (AvgIpc) is 3.27. The van der Waals surface area contributed by atoms with Gasteiger partial charge in [-0.25, -0.2) is 15.0 Å². The van der Waals surface area contributed by atoms with E-state index in [1.807, 2.05) is 43.3 Å². The molecule has 4 heterocycles. The van der Waals surface area contributed by atoms with Crippen LogP contribution in [-0.2, 0) is 0 Å². The lowest BCUT2D eigenvalue weighted by molar-refractivity contribution is 0.131. The highest BCUT2D eigenvalue weighted by Gasteiger charge is 2.15. The molecule has 0 radical (unpaired) electrons. The van der Waals surface area contributed by atoms with Crippen molar-refractivity contribution < 1.29 is 14.9 Å². The molecule has 0 aliphatic carbocycles. The lowest BCUT2D eigenvalue weighted by Crippen LogP contribution is -2.02. The molecule has 0 aliphatic heterocycles. The van der Waals surface area contributed by atoms with Crippen LogP contribution in [0.25, 0.3) is 0 Å². The highest BCUT2D eigenvalue weighted by molar-refractivity contribution is 7.99. The van der Waals surface area contributed by atoms with Crippen molar-refractivity contribution in [3.8, 4) is 11.5 Å². The lowest BCUT2D eigenvalue weighted by Gasteiger charge is -2.13. The molecule has 0 amide bonds. The van der Waals surface area contributed by atoms with Gasteiger partial charge < -0.3 is 20.3 Å². The summed E-state index contributed by atoms with van der Waals surface area (Å²) in [6, 6.07) is 11.3. The molecule has 0 fully saturated rings. The second kappa shape index (κ2) is 10.5. The Balaban J connectivity index is 1.62. The van der Waals surface area contributed by atoms with E-state index in [0.29, 0.717) is 28.1 Å². The van der Waals surface area contributed by atoms with E-state index in [1.54, 1.807) is 24.0 Å². The van der Waals surface area contributed by atoms with E-state index in [9.17, 15) is 5.11 Å². The zero-order chi connectivity index (χ0) is 22.3. The van der Waals surface area contributed by atoms with E-state index in [1.165, 1.54) is 23.1 Å². The molecule has 0 aromatic carbocycles. The lowest BCUT2D eigenvalue weighted by atomic mass is 10.2. The van der Waals surface area contributed by atoms with Crippen LogP contribution < -0.4 is 10.1 Å². The molecule has 0 saturated carbocycles. The van der Waals surface area contributed by atoms with E-state index in [4.69, 9.17) is 9.84 Å². The SMILES string of the molecule is Cc1ncccc1Oc1cc(Sc2ccccn2)cnc1Nc1nc(C(O)CCO)cs1. The predicted molar refractivity (Wildman–Crippen MR) is 124 cm³/mol. The Labute approximate surface area is 193 Å². The molecule has 1 atom stereocenters. The Bertz CT molecular complexity index is 1170. The van der Waals surface area contributed by atoms with E-state index in [-0.39, 0.29) is 13.0 Å². The molecule has 10 heteroatoms. The number of nitrogens with one attached hydrogen (secondary N) is 1. The van der Waals surface area contributed by atoms with Crippen LogP contribution >= 0.6 is 23.1 Å². The number of ether oxygens (including phenoxy) is 1. The van der Waals surface area contributed by atoms with Gasteiger partial charge in [-0.3, -0.25) is 4.98 Å². The van der Waals surface area contributed by atoms with Gasteiger partial charge in [-0.1, -0.05) is 17.8 Å². The van der Waals surface area contributed by atoms with Gasteiger partial charge in [-0.15, -0.1) is 11.3 Å². The predicted octanol–water partition coefficient (Wildman–Crippen LogP) is 4.74. The molecule has 4 aromatic rings. The summed E-state index contributed by atoms with van der Waals surface area (Å²) in [4.78, 5) is 18.4. The number of aliphatic hydroxyl groups excluding tert-OH is 2. The first-order valence-electron chi connectivity index (χ1n) is 9.82. The number of nitrogens with zero attached hydrogens (tertiary/aromatic N) is 4. The molecule has 1 unspecified atom stereocenters. The van der Waals surface area contributed by atoms with Crippen molar-refractivity contribution in [3.05, 3.63) is 71.8 Å². The number of aliphatic hydroxyl groups is 2. The first kappa shape index (κ1) is 22.2. The van der Waals surface area contributed by atoms with Crippen LogP contribution in [0.3, 0.4) is 0 Å². The minimum absolute atomic E-state index is 0.110. The van der Waals surface area contributed by atoms with Crippen molar-refractivity contribution in [3.63, 3.8) is 0 Å². The summed E-state index contributed by atoms with van der Waals surface area (Å²) in [6.07, 6.45) is 4.61. The second-order valence-electron chi connectivity index (χ2n) is 6.71. The molecule has 4 aromatic heterocycles. The number of pyridine rings is 3. The van der Waals surface area contributed by atoms with Crippen molar-refractivity contribution in [1.82, 2.24) is 19.9 Å². The third-order valence-electron chi connectivity index (χ3n) is 4.36. The number of aromatic nitrogens is 4. The van der Waals surface area contributed by atoms with Gasteiger partial charge in [0.2, 0.25) is 0 Å². The van der Waals surface area contributed by atoms with Crippen molar-refractivity contribution in [2.75, 3.05) is 11.9 Å². The van der Waals surface area contributed by atoms with Crippen molar-refractivity contribution in [2.45, 2.75) is 29.4 Å². The third-order valence-corrected chi connectivity index (χ3v) is 6.04. The third kappa shape index (κ3) is 5.60. The molecule has 0 bridgehead atoms. The fourth-order valence-corrected chi connectivity index (χ4v) is 4.28. The summed E-state index contributed by atoms with van der Waals surface area (Å²) >= 11 is 2.81. The zero-order valence-corrected chi connectivity index (χ0v) is 18.8. The zero-order valence-electron chi connectivity index (χ0n) is 17.2. The van der Waals surface area contributed by atoms with Gasteiger partial charge >= 0.3 is 0 Å². The summed E-state index contributed by atoms with van der Waals surface area (Å²) in [5, 5.41) is 25.4. The van der Waals surface area contributed by atoms with Gasteiger partial charge in [0.05, 0.1) is 17.5 Å². The minimum Gasteiger partial charge on any atom is -0.452 e. The van der Waals surface area contributed by atoms with Gasteiger partial charge in [0.25, 0.3) is 0 Å². The van der Waals surface area contributed by atoms with Gasteiger partial charge in [-0.05, 0) is 31.2 Å². The Morgan fingerprint density at radius 2 is 2.00 bits per heavy atom. The Kier molecular flexibility index (Phi) is 7.28. The highest BCUT2D eigenvalue weighted by Crippen LogP contribution is 2.36. The molecular weight excluding hydrogens is 446 g/mol. The standard InChI is InChI=1S/C22H21N5O3S2/c1-14-18(5-4-9-23-14)30-19-11-15(32-20-6-2-3-8-24-20)12-25-21(19)27-22-26-16(13-31-22)17(29)7-10-28/h2-6,8-9,11-13,17,28-29H,7,10H2,1H3,(H,25,26,27). The maximum absolute atomic E-state index is 10.1. The Morgan fingerprint density at radius 1 is 1.12 bits per heavy atom. The van der Waals surface area contributed by atoms with Crippen LogP contribution in [0.5, 0.6) is 11.5 Å². The monoisotopic (exact) mass is 467 g/mol. The molecule has 32 heavy (non-hydrogen) atoms. The van der Waals surface area contributed by atoms with Crippen molar-refractivity contribution in [2.24, 2.45) is 0 Å². The quantitative estimate of drug-likeness (QED) is 0.321. The van der Waals surface area contributed by atoms with Crippen LogP contribution in [0.4, 0.5) is 10.9 Å². The minimum atomic E-state index is -0.814. The molecule has 3 N–H and O–H groups in total. The molecule has 0 aliphatic rings. The summed E-state index contributed by atoms with van der Waals surface area (Å²) in [6.45, 7) is 1.76. The molecule has 0 spiro atoms. The molecule has 4 rings (SSSR count). The van der Waals surface area contributed by atoms with E-state index in [0.717, 1.165) is 15.6 Å². The smallest absolute Gasteiger partial charge is 0.188 e. The summed E-state index contributed by atoms with van der Waals surface area (Å²) in [5.74, 6) is 1.61. The number of thiazole rings is 1. The van der Waals surface area contributed by atoms with Crippen LogP contribution in [0.15, 0.2) is 70.3 Å². The van der Waals surface area contributed by atoms with Gasteiger partial charge in [-0.2, -0.15) is 0 Å². The highest BCUT2D eigenvalue weighted by atomic mass is 32.2.